The molecule has 0 radical (unpaired) electrons. The molecule has 0 aliphatic carbocycles. The Morgan fingerprint density at radius 2 is 1.20 bits per heavy atom. The molecule has 0 atom stereocenters. The lowest BCUT2D eigenvalue weighted by Crippen LogP contribution is -2.34. The van der Waals surface area contributed by atoms with Gasteiger partial charge in [-0.25, -0.2) is 31.1 Å². The zero-order valence-electron chi connectivity index (χ0n) is 25.2. The molecule has 0 unspecified atom stereocenters. The number of carbonyl (C=O) groups excluding carboxylic acids is 2. The number of esters is 1. The summed E-state index contributed by atoms with van der Waals surface area (Å²) in [5.74, 6) is -0.633. The quantitative estimate of drug-likeness (QED) is 0.151. The molecule has 0 bridgehead atoms. The second kappa shape index (κ2) is 17.6. The molecule has 0 aromatic heterocycles. The number of anilines is 1. The van der Waals surface area contributed by atoms with E-state index in [4.69, 9.17) is 18.9 Å². The van der Waals surface area contributed by atoms with Gasteiger partial charge in [0.15, 0.2) is 9.84 Å². The fraction of sp³-hybridized carbons (Fsp3) is 0.355. The molecule has 0 spiro atoms. The highest BCUT2D eigenvalue weighted by molar-refractivity contribution is 7.91. The van der Waals surface area contributed by atoms with Crippen LogP contribution in [0.25, 0.3) is 0 Å². The molecule has 3 aromatic rings. The minimum absolute atomic E-state index is 0.0101. The lowest BCUT2D eigenvalue weighted by Gasteiger charge is -2.10. The van der Waals surface area contributed by atoms with Crippen LogP contribution in [0.4, 0.5) is 10.5 Å². The monoisotopic (exact) mass is 662 g/mol. The van der Waals surface area contributed by atoms with Crippen LogP contribution in [0.15, 0.2) is 82.6 Å². The summed E-state index contributed by atoms with van der Waals surface area (Å²) in [6.45, 7) is 5.35. The average Bonchev–Trinajstić information content (AvgIpc) is 2.99. The zero-order chi connectivity index (χ0) is 32.7. The van der Waals surface area contributed by atoms with E-state index in [2.05, 4.69) is 5.32 Å². The van der Waals surface area contributed by atoms with Gasteiger partial charge in [-0.3, -0.25) is 0 Å². The van der Waals surface area contributed by atoms with Gasteiger partial charge in [0.05, 0.1) is 54.1 Å². The maximum absolute atomic E-state index is 12.4. The summed E-state index contributed by atoms with van der Waals surface area (Å²) >= 11 is 0. The van der Waals surface area contributed by atoms with Crippen molar-refractivity contribution >= 4 is 37.5 Å². The third-order valence-electron chi connectivity index (χ3n) is 6.20. The lowest BCUT2D eigenvalue weighted by atomic mass is 10.2. The first-order valence-corrected chi connectivity index (χ1v) is 17.3. The van der Waals surface area contributed by atoms with Gasteiger partial charge in [-0.1, -0.05) is 41.5 Å². The summed E-state index contributed by atoms with van der Waals surface area (Å²) in [5.41, 5.74) is 2.23. The van der Waals surface area contributed by atoms with Crippen molar-refractivity contribution in [2.75, 3.05) is 57.3 Å². The zero-order valence-corrected chi connectivity index (χ0v) is 26.8. The van der Waals surface area contributed by atoms with Gasteiger partial charge in [-0.15, -0.1) is 0 Å². The van der Waals surface area contributed by atoms with Crippen molar-refractivity contribution in [3.63, 3.8) is 0 Å². The number of amides is 2. The van der Waals surface area contributed by atoms with Gasteiger partial charge >= 0.3 is 12.0 Å². The molecule has 3 rings (SSSR count). The second-order valence-electron chi connectivity index (χ2n) is 9.91. The van der Waals surface area contributed by atoms with E-state index in [0.29, 0.717) is 37.7 Å². The maximum atomic E-state index is 12.4. The van der Waals surface area contributed by atoms with Crippen LogP contribution >= 0.6 is 0 Å². The summed E-state index contributed by atoms with van der Waals surface area (Å²) < 4.78 is 72.8. The Kier molecular flexibility index (Phi) is 14.0. The number of sulfonamides is 1. The Morgan fingerprint density at radius 3 is 1.80 bits per heavy atom. The molecule has 2 amide bonds. The van der Waals surface area contributed by atoms with Crippen LogP contribution in [0, 0.1) is 13.8 Å². The minimum Gasteiger partial charge on any atom is -0.460 e. The summed E-state index contributed by atoms with van der Waals surface area (Å²) in [5, 5.41) is 2.39. The number of hydrogen-bond acceptors (Lipinski definition) is 10. The van der Waals surface area contributed by atoms with E-state index in [1.54, 1.807) is 36.4 Å². The van der Waals surface area contributed by atoms with Gasteiger partial charge in [-0.05, 0) is 62.7 Å². The van der Waals surface area contributed by atoms with Crippen LogP contribution in [-0.2, 0) is 38.8 Å². The fourth-order valence-corrected chi connectivity index (χ4v) is 6.00. The first-order chi connectivity index (χ1) is 21.5. The SMILES string of the molecule is Cc1ccc(S(=O)(=O)CCCOCCOCCOCCOC(=O)c2cccc(NC(=O)NS(=O)(=O)c3ccc(C)cc3)c2)cc1. The molecule has 0 fully saturated rings. The largest absolute Gasteiger partial charge is 0.460 e. The molecule has 0 heterocycles. The molecule has 0 saturated carbocycles. The second-order valence-corrected chi connectivity index (χ2v) is 13.7. The number of nitrogens with one attached hydrogen (secondary N) is 2. The molecule has 244 valence electrons. The van der Waals surface area contributed by atoms with Crippen LogP contribution in [-0.4, -0.2) is 80.8 Å². The Labute approximate surface area is 264 Å². The normalized spacial score (nSPS) is 11.6. The average molecular weight is 663 g/mol. The van der Waals surface area contributed by atoms with E-state index in [9.17, 15) is 26.4 Å². The van der Waals surface area contributed by atoms with E-state index in [-0.39, 0.29) is 41.7 Å². The van der Waals surface area contributed by atoms with Gasteiger partial charge in [0.25, 0.3) is 10.0 Å². The number of carbonyl (C=O) groups is 2. The van der Waals surface area contributed by atoms with E-state index in [1.807, 2.05) is 18.6 Å². The number of sulfone groups is 1. The minimum atomic E-state index is -4.07. The number of urea groups is 1. The van der Waals surface area contributed by atoms with Crippen molar-refractivity contribution in [2.24, 2.45) is 0 Å². The molecule has 0 saturated heterocycles. The molecular weight excluding hydrogens is 624 g/mol. The van der Waals surface area contributed by atoms with Crippen LogP contribution in [0.1, 0.15) is 27.9 Å². The fourth-order valence-electron chi connectivity index (χ4n) is 3.81. The Morgan fingerprint density at radius 1 is 0.667 bits per heavy atom. The number of rotatable bonds is 18. The Balaban J connectivity index is 1.23. The van der Waals surface area contributed by atoms with Gasteiger partial charge in [0.2, 0.25) is 0 Å². The van der Waals surface area contributed by atoms with Crippen molar-refractivity contribution in [1.29, 1.82) is 0 Å². The lowest BCUT2D eigenvalue weighted by molar-refractivity contribution is 0.000656. The molecule has 14 heteroatoms. The molecule has 0 aliphatic heterocycles. The standard InChI is InChI=1S/C31H38N2O10S2/c1-24-7-11-28(12-8-24)44(36,37)22-4-15-40-16-17-41-18-19-42-20-21-43-30(34)26-5-3-6-27(23-26)32-31(35)33-45(38,39)29-13-9-25(2)10-14-29/h3,5-14,23H,4,15-22H2,1-2H3,(H2,32,33,35). The summed E-state index contributed by atoms with van der Waals surface area (Å²) in [6.07, 6.45) is 0.382. The Bertz CT molecular complexity index is 1610. The van der Waals surface area contributed by atoms with Crippen molar-refractivity contribution in [2.45, 2.75) is 30.1 Å². The third kappa shape index (κ3) is 12.6. The molecule has 3 aromatic carbocycles. The van der Waals surface area contributed by atoms with Crippen molar-refractivity contribution in [1.82, 2.24) is 4.72 Å². The van der Waals surface area contributed by atoms with Crippen LogP contribution < -0.4 is 10.0 Å². The third-order valence-corrected chi connectivity index (χ3v) is 9.36. The van der Waals surface area contributed by atoms with Crippen LogP contribution in [0.5, 0.6) is 0 Å². The topological polar surface area (TPSA) is 163 Å². The highest BCUT2D eigenvalue weighted by Gasteiger charge is 2.18. The van der Waals surface area contributed by atoms with E-state index in [1.165, 1.54) is 36.4 Å². The predicted octanol–water partition coefficient (Wildman–Crippen LogP) is 3.88. The number of ether oxygens (including phenoxy) is 4. The molecule has 2 N–H and O–H groups in total. The van der Waals surface area contributed by atoms with Gasteiger partial charge in [0, 0.05) is 12.3 Å². The molecular formula is C31H38N2O10S2. The van der Waals surface area contributed by atoms with Crippen molar-refractivity contribution in [3.8, 4) is 0 Å². The van der Waals surface area contributed by atoms with Gasteiger partial charge < -0.3 is 24.3 Å². The first kappa shape index (κ1) is 35.7. The van der Waals surface area contributed by atoms with Crippen molar-refractivity contribution < 1.29 is 45.4 Å². The van der Waals surface area contributed by atoms with E-state index in [0.717, 1.165) is 11.1 Å². The highest BCUT2D eigenvalue weighted by atomic mass is 32.2. The number of aryl methyl sites for hydroxylation is 2. The van der Waals surface area contributed by atoms with E-state index >= 15 is 0 Å². The first-order valence-electron chi connectivity index (χ1n) is 14.2. The smallest absolute Gasteiger partial charge is 0.338 e. The number of hydrogen-bond donors (Lipinski definition) is 2. The molecule has 45 heavy (non-hydrogen) atoms. The van der Waals surface area contributed by atoms with Gasteiger partial charge in [0.1, 0.15) is 6.61 Å². The molecule has 0 aliphatic rings. The summed E-state index contributed by atoms with van der Waals surface area (Å²) in [7, 11) is -7.39. The summed E-state index contributed by atoms with van der Waals surface area (Å²) in [6, 6.07) is 17.7. The molecule has 12 nitrogen and oxygen atoms in total. The van der Waals surface area contributed by atoms with Crippen LogP contribution in [0.3, 0.4) is 0 Å². The van der Waals surface area contributed by atoms with Gasteiger partial charge in [-0.2, -0.15) is 0 Å². The Hall–Kier alpha value is -3.82. The highest BCUT2D eigenvalue weighted by Crippen LogP contribution is 2.15. The van der Waals surface area contributed by atoms with Crippen molar-refractivity contribution in [3.05, 3.63) is 89.5 Å². The number of benzene rings is 3. The summed E-state index contributed by atoms with van der Waals surface area (Å²) in [4.78, 5) is 24.9. The van der Waals surface area contributed by atoms with E-state index < -0.39 is 31.9 Å². The predicted molar refractivity (Wildman–Crippen MR) is 168 cm³/mol. The maximum Gasteiger partial charge on any atom is 0.338 e. The van der Waals surface area contributed by atoms with Crippen LogP contribution in [0.2, 0.25) is 0 Å².